The highest BCUT2D eigenvalue weighted by molar-refractivity contribution is 6.28. The van der Waals surface area contributed by atoms with E-state index in [1.165, 1.54) is 0 Å². The first-order valence-electron chi connectivity index (χ1n) is 6.04. The molecule has 0 aliphatic rings. The summed E-state index contributed by atoms with van der Waals surface area (Å²) in [4.78, 5) is 23.1. The summed E-state index contributed by atoms with van der Waals surface area (Å²) in [5.41, 5.74) is 5.30. The van der Waals surface area contributed by atoms with Crippen molar-refractivity contribution in [3.8, 4) is 6.01 Å². The van der Waals surface area contributed by atoms with Crippen molar-refractivity contribution in [2.75, 3.05) is 11.9 Å². The molecular formula is C11H18ClN5O2. The highest BCUT2D eigenvalue weighted by Gasteiger charge is 2.21. The fourth-order valence-electron chi connectivity index (χ4n) is 1.36. The lowest BCUT2D eigenvalue weighted by atomic mass is 10.0. The average molecular weight is 288 g/mol. The smallest absolute Gasteiger partial charge is 0.322 e. The summed E-state index contributed by atoms with van der Waals surface area (Å²) in [5.74, 6) is -0.320. The molecule has 0 aliphatic heterocycles. The Balaban J connectivity index is 2.87. The van der Waals surface area contributed by atoms with Crippen LogP contribution < -0.4 is 15.8 Å². The Kier molecular flexibility index (Phi) is 5.75. The van der Waals surface area contributed by atoms with Crippen LogP contribution in [0.5, 0.6) is 6.01 Å². The largest absolute Gasteiger partial charge is 0.463 e. The van der Waals surface area contributed by atoms with E-state index in [2.05, 4.69) is 20.3 Å². The van der Waals surface area contributed by atoms with Gasteiger partial charge in [-0.05, 0) is 23.9 Å². The first-order valence-corrected chi connectivity index (χ1v) is 6.42. The fraction of sp³-hybridized carbons (Fsp3) is 0.636. The number of amides is 1. The predicted octanol–water partition coefficient (Wildman–Crippen LogP) is 1.24. The number of carbonyl (C=O) groups is 1. The van der Waals surface area contributed by atoms with Gasteiger partial charge in [0.2, 0.25) is 17.1 Å². The Morgan fingerprint density at radius 1 is 1.42 bits per heavy atom. The zero-order valence-corrected chi connectivity index (χ0v) is 11.9. The van der Waals surface area contributed by atoms with Gasteiger partial charge in [0.15, 0.2) is 0 Å². The molecule has 3 N–H and O–H groups in total. The van der Waals surface area contributed by atoms with Gasteiger partial charge in [-0.15, -0.1) is 0 Å². The highest BCUT2D eigenvalue weighted by atomic mass is 35.5. The van der Waals surface area contributed by atoms with Gasteiger partial charge in [-0.1, -0.05) is 20.8 Å². The fourth-order valence-corrected chi connectivity index (χ4v) is 1.51. The van der Waals surface area contributed by atoms with Gasteiger partial charge in [-0.3, -0.25) is 4.79 Å². The Hall–Kier alpha value is -1.63. The van der Waals surface area contributed by atoms with Crippen molar-refractivity contribution in [2.45, 2.75) is 33.2 Å². The first kappa shape index (κ1) is 15.4. The number of hydrogen-bond donors (Lipinski definition) is 2. The third-order valence-corrected chi connectivity index (χ3v) is 2.45. The maximum absolute atomic E-state index is 11.3. The average Bonchev–Trinajstić information content (AvgIpc) is 2.32. The number of nitrogens with zero attached hydrogens (tertiary/aromatic N) is 3. The normalized spacial score (nSPS) is 12.3. The Bertz CT molecular complexity index is 441. The molecule has 0 aliphatic carbocycles. The lowest BCUT2D eigenvalue weighted by molar-refractivity contribution is -0.119. The third kappa shape index (κ3) is 4.86. The third-order valence-electron chi connectivity index (χ3n) is 2.28. The highest BCUT2D eigenvalue weighted by Crippen LogP contribution is 2.14. The molecule has 0 fully saturated rings. The molecule has 1 unspecified atom stereocenters. The number of rotatable bonds is 7. The molecule has 1 heterocycles. The zero-order valence-electron chi connectivity index (χ0n) is 11.2. The van der Waals surface area contributed by atoms with E-state index in [1.807, 2.05) is 20.8 Å². The number of nitrogens with two attached hydrogens (primary N) is 1. The van der Waals surface area contributed by atoms with Crippen LogP contribution in [0.15, 0.2) is 0 Å². The molecule has 0 saturated heterocycles. The molecule has 8 heteroatoms. The summed E-state index contributed by atoms with van der Waals surface area (Å²) in [6, 6.07) is -0.464. The quantitative estimate of drug-likeness (QED) is 0.782. The van der Waals surface area contributed by atoms with Crippen LogP contribution in [0.25, 0.3) is 0 Å². The summed E-state index contributed by atoms with van der Waals surface area (Å²) < 4.78 is 5.28. The molecule has 1 amide bonds. The number of aromatic nitrogens is 3. The summed E-state index contributed by atoms with van der Waals surface area (Å²) in [5, 5.41) is 2.83. The van der Waals surface area contributed by atoms with E-state index < -0.39 is 11.9 Å². The molecule has 1 atom stereocenters. The summed E-state index contributed by atoms with van der Waals surface area (Å²) in [6.07, 6.45) is 0.821. The maximum atomic E-state index is 11.3. The van der Waals surface area contributed by atoms with Crippen molar-refractivity contribution >= 4 is 23.5 Å². The minimum Gasteiger partial charge on any atom is -0.463 e. The Labute approximate surface area is 116 Å². The topological polar surface area (TPSA) is 103 Å². The van der Waals surface area contributed by atoms with Crippen LogP contribution in [0.1, 0.15) is 27.2 Å². The molecule has 106 valence electrons. The van der Waals surface area contributed by atoms with Crippen molar-refractivity contribution in [2.24, 2.45) is 11.7 Å². The van der Waals surface area contributed by atoms with Crippen LogP contribution in [-0.2, 0) is 4.79 Å². The summed E-state index contributed by atoms with van der Waals surface area (Å²) in [7, 11) is 0. The maximum Gasteiger partial charge on any atom is 0.322 e. The number of primary amides is 1. The van der Waals surface area contributed by atoms with Gasteiger partial charge >= 0.3 is 6.01 Å². The minimum absolute atomic E-state index is 0.00409. The molecule has 19 heavy (non-hydrogen) atoms. The Morgan fingerprint density at radius 3 is 2.63 bits per heavy atom. The van der Waals surface area contributed by atoms with E-state index >= 15 is 0 Å². The molecule has 0 bridgehead atoms. The van der Waals surface area contributed by atoms with Crippen LogP contribution in [0.2, 0.25) is 5.28 Å². The van der Waals surface area contributed by atoms with Crippen LogP contribution in [0.3, 0.4) is 0 Å². The van der Waals surface area contributed by atoms with E-state index in [0.717, 1.165) is 6.42 Å². The van der Waals surface area contributed by atoms with E-state index in [9.17, 15) is 4.79 Å². The van der Waals surface area contributed by atoms with Gasteiger partial charge in [0, 0.05) is 0 Å². The first-order chi connectivity index (χ1) is 8.93. The monoisotopic (exact) mass is 287 g/mol. The van der Waals surface area contributed by atoms with Gasteiger partial charge in [0.25, 0.3) is 0 Å². The van der Waals surface area contributed by atoms with Crippen LogP contribution in [0.4, 0.5) is 5.95 Å². The van der Waals surface area contributed by atoms with Gasteiger partial charge in [-0.2, -0.15) is 15.0 Å². The second-order valence-corrected chi connectivity index (χ2v) is 4.67. The molecule has 0 spiro atoms. The molecule has 1 aromatic rings. The Morgan fingerprint density at radius 2 is 2.11 bits per heavy atom. The summed E-state index contributed by atoms with van der Waals surface area (Å²) in [6.45, 7) is 6.16. The number of nitrogens with one attached hydrogen (secondary N) is 1. The van der Waals surface area contributed by atoms with Gasteiger partial charge in [0.05, 0.1) is 6.61 Å². The van der Waals surface area contributed by atoms with Crippen LogP contribution in [0, 0.1) is 5.92 Å². The number of ether oxygens (including phenoxy) is 1. The van der Waals surface area contributed by atoms with Gasteiger partial charge < -0.3 is 15.8 Å². The van der Waals surface area contributed by atoms with Crippen molar-refractivity contribution in [1.29, 1.82) is 0 Å². The summed E-state index contributed by atoms with van der Waals surface area (Å²) >= 11 is 5.77. The lowest BCUT2D eigenvalue weighted by Crippen LogP contribution is -2.40. The van der Waals surface area contributed by atoms with Crippen molar-refractivity contribution in [1.82, 2.24) is 15.0 Å². The molecular weight excluding hydrogens is 270 g/mol. The molecule has 1 rings (SSSR count). The van der Waals surface area contributed by atoms with E-state index in [-0.39, 0.29) is 23.2 Å². The van der Waals surface area contributed by atoms with E-state index in [4.69, 9.17) is 22.1 Å². The van der Waals surface area contributed by atoms with Gasteiger partial charge in [-0.25, -0.2) is 0 Å². The molecule has 0 radical (unpaired) electrons. The number of hydrogen-bond acceptors (Lipinski definition) is 6. The van der Waals surface area contributed by atoms with Crippen LogP contribution in [-0.4, -0.2) is 33.5 Å². The second kappa shape index (κ2) is 7.08. The second-order valence-electron chi connectivity index (χ2n) is 4.33. The van der Waals surface area contributed by atoms with Crippen LogP contribution >= 0.6 is 11.6 Å². The van der Waals surface area contributed by atoms with Crippen molar-refractivity contribution in [3.63, 3.8) is 0 Å². The molecule has 0 aromatic carbocycles. The molecule has 7 nitrogen and oxygen atoms in total. The number of halogens is 1. The zero-order chi connectivity index (χ0) is 14.4. The SMILES string of the molecule is CCCOc1nc(Cl)nc(NC(C(N)=O)C(C)C)n1. The standard InChI is InChI=1S/C11H18ClN5O2/c1-4-5-19-11-16-9(12)15-10(17-11)14-7(6(2)3)8(13)18/h6-7H,4-5H2,1-3H3,(H2,13,18)(H,14,15,16,17). The van der Waals surface area contributed by atoms with E-state index in [1.54, 1.807) is 0 Å². The van der Waals surface area contributed by atoms with Crippen molar-refractivity contribution < 1.29 is 9.53 Å². The number of carbonyl (C=O) groups excluding carboxylic acids is 1. The van der Waals surface area contributed by atoms with Crippen molar-refractivity contribution in [3.05, 3.63) is 5.28 Å². The lowest BCUT2D eigenvalue weighted by Gasteiger charge is -2.18. The van der Waals surface area contributed by atoms with E-state index in [0.29, 0.717) is 6.61 Å². The number of anilines is 1. The molecule has 0 saturated carbocycles. The van der Waals surface area contributed by atoms with Gasteiger partial charge in [0.1, 0.15) is 6.04 Å². The predicted molar refractivity (Wildman–Crippen MR) is 72.1 cm³/mol. The minimum atomic E-state index is -0.586. The molecule has 1 aromatic heterocycles.